The Morgan fingerprint density at radius 3 is 2.30 bits per heavy atom. The number of rotatable bonds is 8. The van der Waals surface area contributed by atoms with Crippen LogP contribution in [0.1, 0.15) is 47.3 Å². The fraction of sp³-hybridized carbons (Fsp3) is 0.379. The van der Waals surface area contributed by atoms with Gasteiger partial charge in [0.05, 0.1) is 24.6 Å². The van der Waals surface area contributed by atoms with Crippen LogP contribution in [0.2, 0.25) is 0 Å². The van der Waals surface area contributed by atoms with Crippen LogP contribution in [0.3, 0.4) is 0 Å². The van der Waals surface area contributed by atoms with Gasteiger partial charge in [0.2, 0.25) is 0 Å². The summed E-state index contributed by atoms with van der Waals surface area (Å²) in [4.78, 5) is 40.0. The molecule has 194 valence electrons. The monoisotopic (exact) mass is 502 g/mol. The van der Waals surface area contributed by atoms with Crippen LogP contribution in [0.25, 0.3) is 11.4 Å². The second-order valence-electron chi connectivity index (χ2n) is 9.39. The van der Waals surface area contributed by atoms with E-state index >= 15 is 0 Å². The summed E-state index contributed by atoms with van der Waals surface area (Å²) < 4.78 is 11.3. The standard InChI is InChI=1S/C29H34N4O4/c1-5-36-24-14-10-9-13-23(24)32-15-17-33(18-16-32)28(34)26-25(29(35)37-19-20(2)3)21(4)30-27(31-26)22-11-7-6-8-12-22/h6-14,20H,5,15-19H2,1-4H3. The highest BCUT2D eigenvalue weighted by Crippen LogP contribution is 2.29. The lowest BCUT2D eigenvalue weighted by Crippen LogP contribution is -2.49. The molecule has 37 heavy (non-hydrogen) atoms. The van der Waals surface area contributed by atoms with Crippen molar-refractivity contribution in [1.82, 2.24) is 14.9 Å². The fourth-order valence-corrected chi connectivity index (χ4v) is 4.30. The van der Waals surface area contributed by atoms with Crippen LogP contribution in [0.15, 0.2) is 54.6 Å². The van der Waals surface area contributed by atoms with E-state index in [0.717, 1.165) is 17.0 Å². The van der Waals surface area contributed by atoms with E-state index in [2.05, 4.69) is 14.9 Å². The molecule has 3 aromatic rings. The number of nitrogens with zero attached hydrogens (tertiary/aromatic N) is 4. The van der Waals surface area contributed by atoms with E-state index < -0.39 is 5.97 Å². The number of aromatic nitrogens is 2. The lowest BCUT2D eigenvalue weighted by atomic mass is 10.1. The summed E-state index contributed by atoms with van der Waals surface area (Å²) in [5.41, 5.74) is 2.44. The van der Waals surface area contributed by atoms with Gasteiger partial charge in [-0.05, 0) is 31.9 Å². The Morgan fingerprint density at radius 1 is 0.946 bits per heavy atom. The Kier molecular flexibility index (Phi) is 8.38. The molecular weight excluding hydrogens is 468 g/mol. The molecule has 0 N–H and O–H groups in total. The van der Waals surface area contributed by atoms with Gasteiger partial charge in [0, 0.05) is 31.7 Å². The number of para-hydroxylation sites is 2. The smallest absolute Gasteiger partial charge is 0.342 e. The first-order chi connectivity index (χ1) is 17.9. The zero-order valence-corrected chi connectivity index (χ0v) is 21.9. The molecule has 0 atom stereocenters. The van der Waals surface area contributed by atoms with Gasteiger partial charge in [-0.25, -0.2) is 14.8 Å². The number of piperazine rings is 1. The summed E-state index contributed by atoms with van der Waals surface area (Å²) in [7, 11) is 0. The Bertz CT molecular complexity index is 1240. The van der Waals surface area contributed by atoms with Crippen LogP contribution >= 0.6 is 0 Å². The van der Waals surface area contributed by atoms with Crippen molar-refractivity contribution in [2.24, 2.45) is 5.92 Å². The molecule has 1 aromatic heterocycles. The van der Waals surface area contributed by atoms with Crippen molar-refractivity contribution in [3.63, 3.8) is 0 Å². The van der Waals surface area contributed by atoms with E-state index in [9.17, 15) is 9.59 Å². The highest BCUT2D eigenvalue weighted by atomic mass is 16.5. The molecule has 8 heteroatoms. The maximum absolute atomic E-state index is 13.8. The Morgan fingerprint density at radius 2 is 1.62 bits per heavy atom. The van der Waals surface area contributed by atoms with Crippen molar-refractivity contribution in [3.05, 3.63) is 71.5 Å². The molecule has 2 heterocycles. The average molecular weight is 503 g/mol. The first kappa shape index (κ1) is 26.1. The number of amides is 1. The summed E-state index contributed by atoms with van der Waals surface area (Å²) in [6.45, 7) is 10.7. The number of benzene rings is 2. The minimum atomic E-state index is -0.571. The molecule has 0 radical (unpaired) electrons. The fourth-order valence-electron chi connectivity index (χ4n) is 4.30. The van der Waals surface area contributed by atoms with Crippen LogP contribution in [0, 0.1) is 12.8 Å². The third-order valence-corrected chi connectivity index (χ3v) is 6.15. The molecule has 4 rings (SSSR count). The minimum absolute atomic E-state index is 0.0864. The normalized spacial score (nSPS) is 13.5. The molecule has 0 bridgehead atoms. The SMILES string of the molecule is CCOc1ccccc1N1CCN(C(=O)c2nc(-c3ccccc3)nc(C)c2C(=O)OCC(C)C)CC1. The first-order valence-electron chi connectivity index (χ1n) is 12.8. The lowest BCUT2D eigenvalue weighted by Gasteiger charge is -2.36. The molecule has 1 fully saturated rings. The van der Waals surface area contributed by atoms with Crippen LogP contribution in [-0.2, 0) is 4.74 Å². The van der Waals surface area contributed by atoms with Crippen molar-refractivity contribution in [1.29, 1.82) is 0 Å². The van der Waals surface area contributed by atoms with Crippen LogP contribution in [-0.4, -0.2) is 66.1 Å². The predicted octanol–water partition coefficient (Wildman–Crippen LogP) is 4.63. The number of hydrogen-bond acceptors (Lipinski definition) is 7. The van der Waals surface area contributed by atoms with E-state index in [0.29, 0.717) is 44.3 Å². The number of aryl methyl sites for hydroxylation is 1. The van der Waals surface area contributed by atoms with Crippen molar-refractivity contribution < 1.29 is 19.1 Å². The van der Waals surface area contributed by atoms with Crippen LogP contribution in [0.5, 0.6) is 5.75 Å². The van der Waals surface area contributed by atoms with Crippen LogP contribution in [0.4, 0.5) is 5.69 Å². The number of carbonyl (C=O) groups excluding carboxylic acids is 2. The molecule has 0 spiro atoms. The predicted molar refractivity (Wildman–Crippen MR) is 143 cm³/mol. The van der Waals surface area contributed by atoms with Crippen LogP contribution < -0.4 is 9.64 Å². The van der Waals surface area contributed by atoms with Gasteiger partial charge in [-0.15, -0.1) is 0 Å². The third kappa shape index (κ3) is 6.07. The van der Waals surface area contributed by atoms with E-state index in [-0.39, 0.29) is 29.7 Å². The number of ether oxygens (including phenoxy) is 2. The number of hydrogen-bond donors (Lipinski definition) is 0. The van der Waals surface area contributed by atoms with E-state index in [4.69, 9.17) is 9.47 Å². The first-order valence-corrected chi connectivity index (χ1v) is 12.8. The maximum Gasteiger partial charge on any atom is 0.342 e. The molecule has 1 saturated heterocycles. The van der Waals surface area contributed by atoms with Crippen molar-refractivity contribution in [2.45, 2.75) is 27.7 Å². The molecular formula is C29H34N4O4. The molecule has 0 saturated carbocycles. The van der Waals surface area contributed by atoms with Gasteiger partial charge in [0.1, 0.15) is 17.0 Å². The van der Waals surface area contributed by atoms with Gasteiger partial charge in [-0.3, -0.25) is 4.79 Å². The van der Waals surface area contributed by atoms with Gasteiger partial charge in [-0.1, -0.05) is 56.3 Å². The molecule has 0 aliphatic carbocycles. The maximum atomic E-state index is 13.8. The van der Waals surface area contributed by atoms with Gasteiger partial charge >= 0.3 is 5.97 Å². The Hall–Kier alpha value is -3.94. The zero-order chi connectivity index (χ0) is 26.4. The number of esters is 1. The summed E-state index contributed by atoms with van der Waals surface area (Å²) in [6.07, 6.45) is 0. The average Bonchev–Trinajstić information content (AvgIpc) is 2.92. The van der Waals surface area contributed by atoms with E-state index in [1.165, 1.54) is 0 Å². The largest absolute Gasteiger partial charge is 0.492 e. The number of anilines is 1. The molecule has 1 aliphatic rings. The van der Waals surface area contributed by atoms with Gasteiger partial charge in [-0.2, -0.15) is 0 Å². The quantitative estimate of drug-likeness (QED) is 0.415. The zero-order valence-electron chi connectivity index (χ0n) is 21.9. The van der Waals surface area contributed by atoms with Gasteiger partial charge in [0.15, 0.2) is 5.82 Å². The van der Waals surface area contributed by atoms with E-state index in [1.807, 2.05) is 75.4 Å². The summed E-state index contributed by atoms with van der Waals surface area (Å²) in [6, 6.07) is 17.4. The van der Waals surface area contributed by atoms with Gasteiger partial charge in [0.25, 0.3) is 5.91 Å². The summed E-state index contributed by atoms with van der Waals surface area (Å²) in [5, 5.41) is 0. The summed E-state index contributed by atoms with van der Waals surface area (Å²) >= 11 is 0. The molecule has 8 nitrogen and oxygen atoms in total. The second-order valence-corrected chi connectivity index (χ2v) is 9.39. The van der Waals surface area contributed by atoms with Crippen molar-refractivity contribution in [2.75, 3.05) is 44.3 Å². The van der Waals surface area contributed by atoms with Crippen molar-refractivity contribution in [3.8, 4) is 17.1 Å². The molecule has 2 aromatic carbocycles. The van der Waals surface area contributed by atoms with Gasteiger partial charge < -0.3 is 19.3 Å². The lowest BCUT2D eigenvalue weighted by molar-refractivity contribution is 0.0450. The Labute approximate surface area is 218 Å². The van der Waals surface area contributed by atoms with E-state index in [1.54, 1.807) is 11.8 Å². The highest BCUT2D eigenvalue weighted by molar-refractivity contribution is 6.05. The topological polar surface area (TPSA) is 84.9 Å². The minimum Gasteiger partial charge on any atom is -0.492 e. The molecule has 1 aliphatic heterocycles. The second kappa shape index (κ2) is 11.9. The Balaban J connectivity index is 1.61. The number of carbonyl (C=O) groups is 2. The molecule has 0 unspecified atom stereocenters. The molecule has 1 amide bonds. The third-order valence-electron chi connectivity index (χ3n) is 6.15. The highest BCUT2D eigenvalue weighted by Gasteiger charge is 2.31. The summed E-state index contributed by atoms with van der Waals surface area (Å²) in [5.74, 6) is 0.543. The van der Waals surface area contributed by atoms with Crippen molar-refractivity contribution >= 4 is 17.6 Å².